The van der Waals surface area contributed by atoms with Gasteiger partial charge in [-0.3, -0.25) is 0 Å². The van der Waals surface area contributed by atoms with Crippen LogP contribution in [0.5, 0.6) is 0 Å². The Balaban J connectivity index is 2.22. The van der Waals surface area contributed by atoms with E-state index in [1.807, 2.05) is 0 Å². The molecule has 0 saturated heterocycles. The SMILES string of the molecule is CC(N)c1ncn(Cc2cc(Cl)ccc2F)n1. The van der Waals surface area contributed by atoms with Gasteiger partial charge < -0.3 is 5.73 Å². The van der Waals surface area contributed by atoms with Crippen molar-refractivity contribution in [3.8, 4) is 0 Å². The first-order chi connectivity index (χ1) is 8.06. The molecule has 90 valence electrons. The van der Waals surface area contributed by atoms with Gasteiger partial charge in [0.1, 0.15) is 12.1 Å². The van der Waals surface area contributed by atoms with Crippen molar-refractivity contribution in [1.29, 1.82) is 0 Å². The molecule has 1 atom stereocenters. The van der Waals surface area contributed by atoms with E-state index in [0.717, 1.165) is 0 Å². The zero-order chi connectivity index (χ0) is 12.4. The summed E-state index contributed by atoms with van der Waals surface area (Å²) in [6.07, 6.45) is 1.53. The molecule has 1 unspecified atom stereocenters. The average molecular weight is 255 g/mol. The number of nitrogens with two attached hydrogens (primary N) is 1. The smallest absolute Gasteiger partial charge is 0.166 e. The lowest BCUT2D eigenvalue weighted by Crippen LogP contribution is -2.09. The van der Waals surface area contributed by atoms with Gasteiger partial charge in [-0.1, -0.05) is 11.6 Å². The molecule has 2 aromatic rings. The van der Waals surface area contributed by atoms with E-state index in [1.54, 1.807) is 13.0 Å². The summed E-state index contributed by atoms with van der Waals surface area (Å²) in [5, 5.41) is 4.64. The van der Waals surface area contributed by atoms with Gasteiger partial charge in [-0.05, 0) is 25.1 Å². The van der Waals surface area contributed by atoms with E-state index in [1.165, 1.54) is 23.1 Å². The van der Waals surface area contributed by atoms with Crippen molar-refractivity contribution in [3.05, 3.63) is 46.8 Å². The molecule has 4 nitrogen and oxygen atoms in total. The number of benzene rings is 1. The Hall–Kier alpha value is -1.46. The zero-order valence-corrected chi connectivity index (χ0v) is 10.0. The zero-order valence-electron chi connectivity index (χ0n) is 9.27. The van der Waals surface area contributed by atoms with Crippen molar-refractivity contribution >= 4 is 11.6 Å². The van der Waals surface area contributed by atoms with Crippen molar-refractivity contribution in [2.45, 2.75) is 19.5 Å². The van der Waals surface area contributed by atoms with Gasteiger partial charge in [0.15, 0.2) is 5.82 Å². The summed E-state index contributed by atoms with van der Waals surface area (Å²) >= 11 is 5.81. The van der Waals surface area contributed by atoms with Crippen LogP contribution in [0.15, 0.2) is 24.5 Å². The van der Waals surface area contributed by atoms with Gasteiger partial charge in [0.05, 0.1) is 12.6 Å². The highest BCUT2D eigenvalue weighted by atomic mass is 35.5. The molecule has 0 amide bonds. The number of hydrogen-bond acceptors (Lipinski definition) is 3. The fraction of sp³-hybridized carbons (Fsp3) is 0.273. The molecular weight excluding hydrogens is 243 g/mol. The van der Waals surface area contributed by atoms with E-state index < -0.39 is 0 Å². The molecule has 17 heavy (non-hydrogen) atoms. The van der Waals surface area contributed by atoms with Crippen LogP contribution in [-0.2, 0) is 6.54 Å². The lowest BCUT2D eigenvalue weighted by Gasteiger charge is -2.03. The van der Waals surface area contributed by atoms with Crippen molar-refractivity contribution in [1.82, 2.24) is 14.8 Å². The van der Waals surface area contributed by atoms with E-state index in [9.17, 15) is 4.39 Å². The third kappa shape index (κ3) is 2.81. The fourth-order valence-electron chi connectivity index (χ4n) is 1.43. The highest BCUT2D eigenvalue weighted by molar-refractivity contribution is 6.30. The maximum absolute atomic E-state index is 13.5. The van der Waals surface area contributed by atoms with Crippen LogP contribution < -0.4 is 5.73 Å². The Morgan fingerprint density at radius 1 is 1.53 bits per heavy atom. The predicted molar refractivity (Wildman–Crippen MR) is 63.1 cm³/mol. The number of rotatable bonds is 3. The minimum Gasteiger partial charge on any atom is -0.321 e. The summed E-state index contributed by atoms with van der Waals surface area (Å²) in [5.74, 6) is 0.222. The number of aromatic nitrogens is 3. The van der Waals surface area contributed by atoms with Crippen LogP contribution in [0.3, 0.4) is 0 Å². The molecule has 2 rings (SSSR count). The molecule has 0 fully saturated rings. The molecule has 1 aromatic carbocycles. The van der Waals surface area contributed by atoms with E-state index in [-0.39, 0.29) is 18.4 Å². The molecule has 0 spiro atoms. The first kappa shape index (κ1) is 12.0. The topological polar surface area (TPSA) is 56.7 Å². The van der Waals surface area contributed by atoms with Crippen LogP contribution >= 0.6 is 11.6 Å². The number of halogens is 2. The van der Waals surface area contributed by atoms with Crippen LogP contribution in [0.25, 0.3) is 0 Å². The molecule has 6 heteroatoms. The second-order valence-electron chi connectivity index (χ2n) is 3.82. The monoisotopic (exact) mass is 254 g/mol. The number of nitrogens with zero attached hydrogens (tertiary/aromatic N) is 3. The quantitative estimate of drug-likeness (QED) is 0.913. The van der Waals surface area contributed by atoms with Gasteiger partial charge in [-0.2, -0.15) is 5.10 Å². The standard InChI is InChI=1S/C11H12ClFN4/c1-7(14)11-15-6-17(16-11)5-8-4-9(12)2-3-10(8)13/h2-4,6-7H,5,14H2,1H3. The highest BCUT2D eigenvalue weighted by Crippen LogP contribution is 2.15. The minimum atomic E-state index is -0.313. The first-order valence-corrected chi connectivity index (χ1v) is 5.53. The maximum Gasteiger partial charge on any atom is 0.166 e. The van der Waals surface area contributed by atoms with Gasteiger partial charge in [-0.25, -0.2) is 14.1 Å². The summed E-state index contributed by atoms with van der Waals surface area (Å²) in [6.45, 7) is 2.08. The van der Waals surface area contributed by atoms with E-state index in [0.29, 0.717) is 16.4 Å². The van der Waals surface area contributed by atoms with Crippen LogP contribution in [0.1, 0.15) is 24.4 Å². The molecule has 1 heterocycles. The Morgan fingerprint density at radius 3 is 2.94 bits per heavy atom. The predicted octanol–water partition coefficient (Wildman–Crippen LogP) is 2.14. The highest BCUT2D eigenvalue weighted by Gasteiger charge is 2.08. The summed E-state index contributed by atoms with van der Waals surface area (Å²) in [4.78, 5) is 4.04. The summed E-state index contributed by atoms with van der Waals surface area (Å²) in [7, 11) is 0. The Labute approximate surface area is 103 Å². The van der Waals surface area contributed by atoms with Crippen LogP contribution in [0.2, 0.25) is 5.02 Å². The van der Waals surface area contributed by atoms with Crippen molar-refractivity contribution in [2.75, 3.05) is 0 Å². The summed E-state index contributed by atoms with van der Waals surface area (Å²) in [6, 6.07) is 4.18. The Bertz CT molecular complexity index is 524. The molecular formula is C11H12ClFN4. The third-order valence-corrected chi connectivity index (χ3v) is 2.54. The molecule has 0 bridgehead atoms. The van der Waals surface area contributed by atoms with Crippen molar-refractivity contribution < 1.29 is 4.39 Å². The van der Waals surface area contributed by atoms with Gasteiger partial charge in [0, 0.05) is 10.6 Å². The largest absolute Gasteiger partial charge is 0.321 e. The van der Waals surface area contributed by atoms with Gasteiger partial charge in [0.25, 0.3) is 0 Å². The molecule has 0 aliphatic rings. The summed E-state index contributed by atoms with van der Waals surface area (Å²) < 4.78 is 15.0. The molecule has 1 aromatic heterocycles. The first-order valence-electron chi connectivity index (χ1n) is 5.15. The second kappa shape index (κ2) is 4.81. The summed E-state index contributed by atoms with van der Waals surface area (Å²) in [5.41, 5.74) is 6.11. The van der Waals surface area contributed by atoms with Crippen molar-refractivity contribution in [3.63, 3.8) is 0 Å². The van der Waals surface area contributed by atoms with E-state index >= 15 is 0 Å². The molecule has 0 radical (unpaired) electrons. The van der Waals surface area contributed by atoms with Gasteiger partial charge >= 0.3 is 0 Å². The number of hydrogen-bond donors (Lipinski definition) is 1. The fourth-order valence-corrected chi connectivity index (χ4v) is 1.63. The van der Waals surface area contributed by atoms with Crippen molar-refractivity contribution in [2.24, 2.45) is 5.73 Å². The molecule has 0 aliphatic heterocycles. The Kier molecular flexibility index (Phi) is 3.40. The normalized spacial score (nSPS) is 12.7. The van der Waals surface area contributed by atoms with E-state index in [2.05, 4.69) is 10.1 Å². The maximum atomic E-state index is 13.5. The average Bonchev–Trinajstić information content (AvgIpc) is 2.72. The van der Waals surface area contributed by atoms with Crippen LogP contribution in [-0.4, -0.2) is 14.8 Å². The second-order valence-corrected chi connectivity index (χ2v) is 4.26. The molecule has 2 N–H and O–H groups in total. The lowest BCUT2D eigenvalue weighted by atomic mass is 10.2. The Morgan fingerprint density at radius 2 is 2.29 bits per heavy atom. The van der Waals surface area contributed by atoms with Crippen LogP contribution in [0, 0.1) is 5.82 Å². The lowest BCUT2D eigenvalue weighted by molar-refractivity contribution is 0.580. The van der Waals surface area contributed by atoms with E-state index in [4.69, 9.17) is 17.3 Å². The molecule has 0 saturated carbocycles. The van der Waals surface area contributed by atoms with Gasteiger partial charge in [0.2, 0.25) is 0 Å². The van der Waals surface area contributed by atoms with Crippen LogP contribution in [0.4, 0.5) is 4.39 Å². The minimum absolute atomic E-state index is 0.236. The molecule has 0 aliphatic carbocycles. The third-order valence-electron chi connectivity index (χ3n) is 2.30. The van der Waals surface area contributed by atoms with Gasteiger partial charge in [-0.15, -0.1) is 0 Å².